The summed E-state index contributed by atoms with van der Waals surface area (Å²) in [7, 11) is -5.05. The molecule has 0 saturated heterocycles. The molecule has 9 heteroatoms. The maximum atomic E-state index is 12.1. The van der Waals surface area contributed by atoms with Gasteiger partial charge >= 0.3 is 11.9 Å². The Labute approximate surface area is 198 Å². The zero-order chi connectivity index (χ0) is 21.6. The van der Waals surface area contributed by atoms with Crippen LogP contribution in [0.3, 0.4) is 0 Å². The molecule has 0 aromatic carbocycles. The molecule has 167 valence electrons. The number of carboxylic acids is 2. The number of unbranched alkanes of at least 4 members (excludes halogenated alkanes) is 10. The predicted octanol–water partition coefficient (Wildman–Crippen LogP) is 4.52. The molecule has 1 radical (unpaired) electrons. The average molecular weight is 446 g/mol. The Bertz CT molecular complexity index is 547. The summed E-state index contributed by atoms with van der Waals surface area (Å²) in [6, 6.07) is 0. The summed E-state index contributed by atoms with van der Waals surface area (Å²) in [6.45, 7) is 4.17. The van der Waals surface area contributed by atoms with Crippen LogP contribution in [0, 0.1) is 5.41 Å². The van der Waals surface area contributed by atoms with Crippen LogP contribution in [-0.2, 0) is 19.7 Å². The molecular formula is C20H38NaO7S. The summed E-state index contributed by atoms with van der Waals surface area (Å²) in [5, 5.41) is 16.9. The SMILES string of the molecule is CCCCCCCCC(CCCCCCCC)(C(=O)O)C(C(=O)O)S(=O)(=O)O.[Na]. The van der Waals surface area contributed by atoms with Crippen LogP contribution in [0.4, 0.5) is 0 Å². The van der Waals surface area contributed by atoms with Gasteiger partial charge < -0.3 is 10.2 Å². The zero-order valence-electron chi connectivity index (χ0n) is 18.4. The largest absolute Gasteiger partial charge is 0.481 e. The maximum Gasteiger partial charge on any atom is 0.325 e. The minimum Gasteiger partial charge on any atom is -0.481 e. The molecule has 0 spiro atoms. The van der Waals surface area contributed by atoms with Crippen LogP contribution in [0.25, 0.3) is 0 Å². The predicted molar refractivity (Wildman–Crippen MR) is 115 cm³/mol. The van der Waals surface area contributed by atoms with Gasteiger partial charge in [0.05, 0.1) is 5.41 Å². The van der Waals surface area contributed by atoms with Crippen molar-refractivity contribution in [3.63, 3.8) is 0 Å². The van der Waals surface area contributed by atoms with Gasteiger partial charge in [0, 0.05) is 29.6 Å². The fourth-order valence-corrected chi connectivity index (χ4v) is 4.97. The number of carbonyl (C=O) groups is 2. The Kier molecular flexibility index (Phi) is 17.7. The molecule has 1 unspecified atom stereocenters. The van der Waals surface area contributed by atoms with E-state index in [1.54, 1.807) is 0 Å². The van der Waals surface area contributed by atoms with E-state index in [0.29, 0.717) is 25.7 Å². The van der Waals surface area contributed by atoms with Crippen LogP contribution < -0.4 is 0 Å². The Balaban J connectivity index is 0. The van der Waals surface area contributed by atoms with Gasteiger partial charge in [0.1, 0.15) is 0 Å². The molecule has 0 aromatic rings. The van der Waals surface area contributed by atoms with Gasteiger partial charge in [-0.3, -0.25) is 14.1 Å². The van der Waals surface area contributed by atoms with E-state index in [9.17, 15) is 32.8 Å². The third-order valence-electron chi connectivity index (χ3n) is 5.40. The van der Waals surface area contributed by atoms with E-state index >= 15 is 0 Å². The smallest absolute Gasteiger partial charge is 0.325 e. The quantitative estimate of drug-likeness (QED) is 0.161. The molecule has 7 nitrogen and oxygen atoms in total. The Morgan fingerprint density at radius 1 is 0.759 bits per heavy atom. The van der Waals surface area contributed by atoms with Gasteiger partial charge in [0.15, 0.2) is 5.25 Å². The van der Waals surface area contributed by atoms with Gasteiger partial charge in [-0.25, -0.2) is 0 Å². The zero-order valence-corrected chi connectivity index (χ0v) is 21.2. The van der Waals surface area contributed by atoms with Crippen LogP contribution in [0.15, 0.2) is 0 Å². The summed E-state index contributed by atoms with van der Waals surface area (Å²) in [4.78, 5) is 23.8. The minimum absolute atomic E-state index is 0. The fourth-order valence-electron chi connectivity index (χ4n) is 3.80. The van der Waals surface area contributed by atoms with Crippen LogP contribution in [0.1, 0.15) is 104 Å². The molecule has 0 aromatic heterocycles. The molecule has 0 aliphatic carbocycles. The van der Waals surface area contributed by atoms with Crippen molar-refractivity contribution in [1.29, 1.82) is 0 Å². The van der Waals surface area contributed by atoms with E-state index in [1.165, 1.54) is 0 Å². The van der Waals surface area contributed by atoms with E-state index in [2.05, 4.69) is 13.8 Å². The van der Waals surface area contributed by atoms with E-state index in [-0.39, 0.29) is 42.4 Å². The van der Waals surface area contributed by atoms with Crippen molar-refractivity contribution < 1.29 is 32.8 Å². The molecule has 0 aliphatic heterocycles. The molecule has 3 N–H and O–H groups in total. The van der Waals surface area contributed by atoms with Gasteiger partial charge in [-0.05, 0) is 12.8 Å². The number of hydrogen-bond donors (Lipinski definition) is 3. The van der Waals surface area contributed by atoms with E-state index < -0.39 is 32.7 Å². The normalized spacial score (nSPS) is 12.9. The molecular weight excluding hydrogens is 407 g/mol. The van der Waals surface area contributed by atoms with Crippen LogP contribution >= 0.6 is 0 Å². The second-order valence-corrected chi connectivity index (χ2v) is 9.23. The third kappa shape index (κ3) is 11.7. The molecule has 0 fully saturated rings. The molecule has 1 atom stereocenters. The summed E-state index contributed by atoms with van der Waals surface area (Å²) in [5.74, 6) is -3.26. The van der Waals surface area contributed by atoms with Gasteiger partial charge in [0.25, 0.3) is 10.1 Å². The summed E-state index contributed by atoms with van der Waals surface area (Å²) in [5.41, 5.74) is -2.01. The number of hydrogen-bond acceptors (Lipinski definition) is 4. The van der Waals surface area contributed by atoms with E-state index in [0.717, 1.165) is 51.4 Å². The van der Waals surface area contributed by atoms with Crippen LogP contribution in [0.5, 0.6) is 0 Å². The number of aliphatic carboxylic acids is 2. The van der Waals surface area contributed by atoms with E-state index in [4.69, 9.17) is 0 Å². The monoisotopic (exact) mass is 445 g/mol. The van der Waals surface area contributed by atoms with Gasteiger partial charge in [-0.15, -0.1) is 0 Å². The first-order valence-corrected chi connectivity index (χ1v) is 12.1. The Morgan fingerprint density at radius 3 is 1.38 bits per heavy atom. The van der Waals surface area contributed by atoms with Crippen molar-refractivity contribution in [2.45, 2.75) is 109 Å². The summed E-state index contributed by atoms with van der Waals surface area (Å²) < 4.78 is 33.1. The van der Waals surface area contributed by atoms with Gasteiger partial charge in [-0.2, -0.15) is 8.42 Å². The molecule has 0 bridgehead atoms. The average Bonchev–Trinajstić information content (AvgIpc) is 2.58. The number of rotatable bonds is 18. The van der Waals surface area contributed by atoms with Crippen LogP contribution in [-0.4, -0.2) is 69.9 Å². The molecule has 0 saturated carbocycles. The minimum atomic E-state index is -5.05. The topological polar surface area (TPSA) is 129 Å². The Morgan fingerprint density at radius 2 is 1.10 bits per heavy atom. The van der Waals surface area contributed by atoms with Gasteiger partial charge in [0.2, 0.25) is 0 Å². The fraction of sp³-hybridized carbons (Fsp3) is 0.900. The van der Waals surface area contributed by atoms with Crippen molar-refractivity contribution in [1.82, 2.24) is 0 Å². The van der Waals surface area contributed by atoms with Crippen molar-refractivity contribution in [3.8, 4) is 0 Å². The Hall–Kier alpha value is -0.150. The molecule has 0 rings (SSSR count). The van der Waals surface area contributed by atoms with E-state index in [1.807, 2.05) is 0 Å². The van der Waals surface area contributed by atoms with Crippen molar-refractivity contribution >= 4 is 51.6 Å². The molecule has 0 heterocycles. The summed E-state index contributed by atoms with van der Waals surface area (Å²) in [6.07, 6.45) is 10.2. The van der Waals surface area contributed by atoms with Crippen LogP contribution in [0.2, 0.25) is 0 Å². The van der Waals surface area contributed by atoms with Crippen molar-refractivity contribution in [2.75, 3.05) is 0 Å². The first kappa shape index (κ1) is 31.0. The standard InChI is InChI=1S/C20H38O7S.Na/c1-3-5-7-9-11-13-15-20(19(23)24,16-14-12-10-8-6-4-2)17(18(21)22)28(25,26)27;/h17H,3-16H2,1-2H3,(H,21,22)(H,23,24)(H,25,26,27);. The van der Waals surface area contributed by atoms with Crippen molar-refractivity contribution in [3.05, 3.63) is 0 Å². The second kappa shape index (κ2) is 16.5. The number of carboxylic acid groups (broad SMARTS) is 2. The molecule has 0 amide bonds. The first-order chi connectivity index (χ1) is 13.1. The first-order valence-electron chi connectivity index (χ1n) is 10.6. The second-order valence-electron chi connectivity index (χ2n) is 7.73. The molecule has 29 heavy (non-hydrogen) atoms. The molecule has 0 aliphatic rings. The third-order valence-corrected chi connectivity index (χ3v) is 6.65. The van der Waals surface area contributed by atoms with Crippen molar-refractivity contribution in [2.24, 2.45) is 5.41 Å². The maximum absolute atomic E-state index is 12.1. The van der Waals surface area contributed by atoms with Gasteiger partial charge in [-0.1, -0.05) is 90.9 Å². The summed E-state index contributed by atoms with van der Waals surface area (Å²) >= 11 is 0.